The van der Waals surface area contributed by atoms with Crippen LogP contribution in [0, 0.1) is 0 Å². The fourth-order valence-electron chi connectivity index (χ4n) is 15.5. The van der Waals surface area contributed by atoms with Crippen molar-refractivity contribution in [2.24, 2.45) is 0 Å². The quantitative estimate of drug-likeness (QED) is 0.156. The molecule has 13 aromatic carbocycles. The summed E-state index contributed by atoms with van der Waals surface area (Å²) in [5.41, 5.74) is 26.5. The van der Waals surface area contributed by atoms with Crippen molar-refractivity contribution < 1.29 is 0 Å². The Morgan fingerprint density at radius 3 is 1.17 bits per heavy atom. The van der Waals surface area contributed by atoms with Crippen LogP contribution in [-0.4, -0.2) is 13.7 Å². The molecule has 2 aliphatic carbocycles. The first-order valence-electron chi connectivity index (χ1n) is 30.2. The molecule has 16 aromatic rings. The highest BCUT2D eigenvalue weighted by Crippen LogP contribution is 2.55. The van der Waals surface area contributed by atoms with E-state index in [0.717, 1.165) is 28.4 Å². The number of anilines is 3. The third-order valence-electron chi connectivity index (χ3n) is 19.6. The molecule has 4 heteroatoms. The van der Waals surface area contributed by atoms with Crippen LogP contribution in [0.1, 0.15) is 49.9 Å². The lowest BCUT2D eigenvalue weighted by Crippen LogP contribution is -2.18. The van der Waals surface area contributed by atoms with Crippen LogP contribution < -0.4 is 4.90 Å². The summed E-state index contributed by atoms with van der Waals surface area (Å²) in [6, 6.07) is 105. The first-order chi connectivity index (χ1) is 42.2. The average Bonchev–Trinajstić information content (AvgIpc) is 1.74. The van der Waals surface area contributed by atoms with E-state index < -0.39 is 0 Å². The number of fused-ring (bicyclic) bond motifs is 16. The van der Waals surface area contributed by atoms with Gasteiger partial charge in [-0.15, -0.1) is 0 Å². The molecule has 3 aromatic heterocycles. The molecule has 0 saturated heterocycles. The number of benzene rings is 13. The number of hydrogen-bond acceptors (Lipinski definition) is 1. The molecule has 0 radical (unpaired) electrons. The summed E-state index contributed by atoms with van der Waals surface area (Å²) in [6.45, 7) is 9.68. The van der Waals surface area contributed by atoms with Gasteiger partial charge in [0.1, 0.15) is 0 Å². The van der Waals surface area contributed by atoms with Crippen LogP contribution in [0.2, 0.25) is 0 Å². The fourth-order valence-corrected chi connectivity index (χ4v) is 15.5. The van der Waals surface area contributed by atoms with Gasteiger partial charge in [0, 0.05) is 76.7 Å². The average molecular weight is 1100 g/mol. The molecule has 0 saturated carbocycles. The van der Waals surface area contributed by atoms with Crippen molar-refractivity contribution in [2.45, 2.75) is 38.5 Å². The zero-order chi connectivity index (χ0) is 57.2. The van der Waals surface area contributed by atoms with E-state index in [2.05, 4.69) is 325 Å². The zero-order valence-corrected chi connectivity index (χ0v) is 48.3. The topological polar surface area (TPSA) is 18.0 Å². The van der Waals surface area contributed by atoms with Crippen LogP contribution in [0.15, 0.2) is 279 Å². The van der Waals surface area contributed by atoms with Gasteiger partial charge in [-0.3, -0.25) is 0 Å². The van der Waals surface area contributed by atoms with Gasteiger partial charge in [-0.25, -0.2) is 0 Å². The minimum atomic E-state index is -0.302. The second-order valence-electron chi connectivity index (χ2n) is 24.8. The summed E-state index contributed by atoms with van der Waals surface area (Å²) >= 11 is 0. The van der Waals surface area contributed by atoms with Crippen LogP contribution in [-0.2, 0) is 10.8 Å². The van der Waals surface area contributed by atoms with E-state index in [1.165, 1.54) is 138 Å². The number of hydrogen-bond donors (Lipinski definition) is 0. The van der Waals surface area contributed by atoms with E-state index >= 15 is 0 Å². The summed E-state index contributed by atoms with van der Waals surface area (Å²) in [4.78, 5) is 2.55. The summed E-state index contributed by atoms with van der Waals surface area (Å²) in [7, 11) is 0. The Labute approximate surface area is 499 Å². The van der Waals surface area contributed by atoms with Crippen LogP contribution in [0.4, 0.5) is 17.1 Å². The molecule has 18 rings (SSSR count). The Morgan fingerprint density at radius 1 is 0.256 bits per heavy atom. The Balaban J connectivity index is 0.794. The third-order valence-corrected chi connectivity index (χ3v) is 19.6. The number of nitrogens with zero attached hydrogens (tertiary/aromatic N) is 4. The lowest BCUT2D eigenvalue weighted by molar-refractivity contribution is 0.659. The highest BCUT2D eigenvalue weighted by Gasteiger charge is 2.39. The van der Waals surface area contributed by atoms with E-state index in [-0.39, 0.29) is 10.8 Å². The molecule has 2 aliphatic rings. The maximum absolute atomic E-state index is 2.55. The van der Waals surface area contributed by atoms with Gasteiger partial charge in [0.05, 0.1) is 44.5 Å². The number of aromatic nitrogens is 3. The molecule has 0 N–H and O–H groups in total. The zero-order valence-electron chi connectivity index (χ0n) is 48.3. The Bertz CT molecular complexity index is 5440. The standard InChI is InChI=1S/C82H58N4/c1-81(2)69-46-51(52-35-40-68-67-28-12-15-29-73(67)84(80(68)47-52)53-20-6-5-7-21-53)34-39-57(69)58-41-36-54(48-70(58)81)83(78-44-45-79(66-23-9-8-22-65(66)78)86-76-32-18-13-26-63(76)64-27-14-19-33-77(64)86)55-37-42-59-60-43-38-56(50-72(60)82(3,4)71(59)49-55)85-74-30-16-10-24-61(74)62-25-11-17-31-75(62)85/h5-50H,1-4H3. The SMILES string of the molecule is CC1(C)c2cc(-c3ccc4c5ccccc5n(-c5ccccc5)c4c3)ccc2-c2ccc(N(c3ccc4c(c3)C(C)(C)c3cc(-n5c6ccccc6c6ccccc65)ccc3-4)c3ccc(-n4c5ccccc5c5ccccc54)c4ccccc34)cc21. The van der Waals surface area contributed by atoms with Crippen molar-refractivity contribution in [2.75, 3.05) is 4.90 Å². The van der Waals surface area contributed by atoms with Crippen molar-refractivity contribution in [1.29, 1.82) is 0 Å². The number of para-hydroxylation sites is 6. The monoisotopic (exact) mass is 1100 g/mol. The lowest BCUT2D eigenvalue weighted by atomic mass is 9.81. The van der Waals surface area contributed by atoms with Crippen molar-refractivity contribution in [3.05, 3.63) is 301 Å². The summed E-state index contributed by atoms with van der Waals surface area (Å²) < 4.78 is 7.33. The molecule has 0 spiro atoms. The molecular weight excluding hydrogens is 1040 g/mol. The van der Waals surface area contributed by atoms with Gasteiger partial charge in [-0.2, -0.15) is 0 Å². The normalized spacial score (nSPS) is 13.8. The van der Waals surface area contributed by atoms with Gasteiger partial charge < -0.3 is 18.6 Å². The van der Waals surface area contributed by atoms with E-state index in [0.29, 0.717) is 0 Å². The van der Waals surface area contributed by atoms with E-state index in [1.54, 1.807) is 0 Å². The van der Waals surface area contributed by atoms with Crippen LogP contribution in [0.25, 0.3) is 127 Å². The van der Waals surface area contributed by atoms with Gasteiger partial charge in [-0.1, -0.05) is 204 Å². The second kappa shape index (κ2) is 17.9. The predicted octanol–water partition coefficient (Wildman–Crippen LogP) is 21.9. The first-order valence-corrected chi connectivity index (χ1v) is 30.2. The van der Waals surface area contributed by atoms with Crippen molar-refractivity contribution in [3.63, 3.8) is 0 Å². The Hall–Kier alpha value is -10.7. The van der Waals surface area contributed by atoms with Crippen molar-refractivity contribution >= 4 is 93.3 Å². The lowest BCUT2D eigenvalue weighted by Gasteiger charge is -2.31. The summed E-state index contributed by atoms with van der Waals surface area (Å²) in [6.07, 6.45) is 0. The first kappa shape index (κ1) is 48.8. The molecule has 0 atom stereocenters. The highest BCUT2D eigenvalue weighted by molar-refractivity contribution is 6.13. The second-order valence-corrected chi connectivity index (χ2v) is 24.8. The van der Waals surface area contributed by atoms with E-state index in [4.69, 9.17) is 0 Å². The summed E-state index contributed by atoms with van der Waals surface area (Å²) in [5.74, 6) is 0. The van der Waals surface area contributed by atoms with Gasteiger partial charge in [0.2, 0.25) is 0 Å². The van der Waals surface area contributed by atoms with Gasteiger partial charge >= 0.3 is 0 Å². The van der Waals surface area contributed by atoms with E-state index in [9.17, 15) is 0 Å². The van der Waals surface area contributed by atoms with Gasteiger partial charge in [0.15, 0.2) is 0 Å². The minimum absolute atomic E-state index is 0.300. The summed E-state index contributed by atoms with van der Waals surface area (Å²) in [5, 5.41) is 9.94. The van der Waals surface area contributed by atoms with Crippen molar-refractivity contribution in [1.82, 2.24) is 13.7 Å². The van der Waals surface area contributed by atoms with Crippen LogP contribution in [0.5, 0.6) is 0 Å². The maximum Gasteiger partial charge on any atom is 0.0547 e. The predicted molar refractivity (Wildman–Crippen MR) is 362 cm³/mol. The molecular formula is C82H58N4. The fraction of sp³-hybridized carbons (Fsp3) is 0.0732. The molecule has 0 unspecified atom stereocenters. The van der Waals surface area contributed by atoms with Gasteiger partial charge in [-0.05, 0) is 159 Å². The minimum Gasteiger partial charge on any atom is -0.310 e. The molecule has 86 heavy (non-hydrogen) atoms. The van der Waals surface area contributed by atoms with E-state index in [1.807, 2.05) is 0 Å². The smallest absolute Gasteiger partial charge is 0.0547 e. The molecule has 0 fully saturated rings. The Morgan fingerprint density at radius 2 is 0.640 bits per heavy atom. The number of rotatable bonds is 7. The van der Waals surface area contributed by atoms with Crippen LogP contribution >= 0.6 is 0 Å². The third kappa shape index (κ3) is 6.81. The largest absolute Gasteiger partial charge is 0.310 e. The molecule has 0 amide bonds. The molecule has 4 nitrogen and oxygen atoms in total. The molecule has 0 bridgehead atoms. The molecule has 0 aliphatic heterocycles. The highest BCUT2D eigenvalue weighted by atomic mass is 15.1. The van der Waals surface area contributed by atoms with Crippen LogP contribution in [0.3, 0.4) is 0 Å². The maximum atomic E-state index is 2.55. The molecule has 406 valence electrons. The Kier molecular flexibility index (Phi) is 10.2. The molecule has 3 heterocycles. The van der Waals surface area contributed by atoms with Crippen molar-refractivity contribution in [3.8, 4) is 50.4 Å². The van der Waals surface area contributed by atoms with Gasteiger partial charge in [0.25, 0.3) is 0 Å².